The average molecular weight is 167 g/mol. The second-order valence-corrected chi connectivity index (χ2v) is 3.58. The van der Waals surface area contributed by atoms with E-state index in [9.17, 15) is 4.57 Å². The summed E-state index contributed by atoms with van der Waals surface area (Å²) in [5.41, 5.74) is 3.51. The highest BCUT2D eigenvalue weighted by Crippen LogP contribution is 2.10. The molecular formula is C9H12OP+. The Morgan fingerprint density at radius 1 is 1.09 bits per heavy atom. The lowest BCUT2D eigenvalue weighted by Gasteiger charge is -1.98. The lowest BCUT2D eigenvalue weighted by Crippen LogP contribution is -2.03. The largest absolute Gasteiger partial charge is 0.363 e. The van der Waals surface area contributed by atoms with E-state index in [0.29, 0.717) is 0 Å². The molecule has 0 aliphatic carbocycles. The van der Waals surface area contributed by atoms with Gasteiger partial charge in [-0.3, -0.25) is 0 Å². The third-order valence-electron chi connectivity index (χ3n) is 1.78. The summed E-state index contributed by atoms with van der Waals surface area (Å²) in [6.07, 6.45) is 0. The zero-order valence-corrected chi connectivity index (χ0v) is 8.06. The minimum atomic E-state index is -0.326. The Hall–Kier alpha value is -0.680. The van der Waals surface area contributed by atoms with Gasteiger partial charge in [0.05, 0.1) is 0 Å². The summed E-state index contributed by atoms with van der Waals surface area (Å²) in [5, 5.41) is 0.982. The quantitative estimate of drug-likeness (QED) is 0.586. The van der Waals surface area contributed by atoms with Gasteiger partial charge in [0, 0.05) is 11.1 Å². The first-order chi connectivity index (χ1) is 5.15. The van der Waals surface area contributed by atoms with Gasteiger partial charge in [0.25, 0.3) is 0 Å². The smallest absolute Gasteiger partial charge is 0.0707 e. The summed E-state index contributed by atoms with van der Waals surface area (Å²) in [6, 6.07) is 4.13. The van der Waals surface area contributed by atoms with E-state index in [2.05, 4.69) is 19.1 Å². The highest BCUT2D eigenvalue weighted by Gasteiger charge is 2.08. The predicted molar refractivity (Wildman–Crippen MR) is 49.3 cm³/mol. The Balaban J connectivity index is 3.36. The molecule has 1 aromatic rings. The molecular weight excluding hydrogens is 155 g/mol. The van der Waals surface area contributed by atoms with Gasteiger partial charge in [-0.15, -0.1) is 0 Å². The lowest BCUT2D eigenvalue weighted by atomic mass is 10.1. The summed E-state index contributed by atoms with van der Waals surface area (Å²) in [5.74, 6) is 0. The Morgan fingerprint density at radius 3 is 1.91 bits per heavy atom. The van der Waals surface area contributed by atoms with Crippen molar-refractivity contribution in [2.75, 3.05) is 0 Å². The van der Waals surface area contributed by atoms with Crippen LogP contribution in [0.4, 0.5) is 0 Å². The Morgan fingerprint density at radius 2 is 1.55 bits per heavy atom. The SMILES string of the molecule is Cc1cc(C)c([PH+]=O)c(C)c1. The van der Waals surface area contributed by atoms with Crippen LogP contribution >= 0.6 is 8.46 Å². The van der Waals surface area contributed by atoms with Gasteiger partial charge in [0.2, 0.25) is 0 Å². The predicted octanol–water partition coefficient (Wildman–Crippen LogP) is 2.26. The number of aryl methyl sites for hydroxylation is 3. The van der Waals surface area contributed by atoms with Gasteiger partial charge in [0.15, 0.2) is 5.30 Å². The van der Waals surface area contributed by atoms with E-state index in [1.54, 1.807) is 0 Å². The van der Waals surface area contributed by atoms with Crippen molar-refractivity contribution in [3.63, 3.8) is 0 Å². The highest BCUT2D eigenvalue weighted by molar-refractivity contribution is 7.34. The lowest BCUT2D eigenvalue weighted by molar-refractivity contribution is 0.603. The summed E-state index contributed by atoms with van der Waals surface area (Å²) in [6.45, 7) is 6.05. The molecule has 1 rings (SSSR count). The van der Waals surface area contributed by atoms with E-state index in [1.807, 2.05) is 13.8 Å². The Kier molecular flexibility index (Phi) is 2.41. The number of benzene rings is 1. The number of rotatable bonds is 1. The minimum absolute atomic E-state index is 0.326. The molecule has 1 atom stereocenters. The van der Waals surface area contributed by atoms with Crippen molar-refractivity contribution in [3.8, 4) is 0 Å². The monoisotopic (exact) mass is 167 g/mol. The van der Waals surface area contributed by atoms with E-state index in [1.165, 1.54) is 5.56 Å². The number of hydrogen-bond acceptors (Lipinski definition) is 1. The van der Waals surface area contributed by atoms with Gasteiger partial charge in [0.1, 0.15) is 0 Å². The van der Waals surface area contributed by atoms with Crippen molar-refractivity contribution in [1.82, 2.24) is 0 Å². The second kappa shape index (κ2) is 3.15. The van der Waals surface area contributed by atoms with E-state index >= 15 is 0 Å². The first-order valence-corrected chi connectivity index (χ1v) is 4.52. The molecule has 0 spiro atoms. The van der Waals surface area contributed by atoms with E-state index in [4.69, 9.17) is 0 Å². The number of hydrogen-bond donors (Lipinski definition) is 0. The summed E-state index contributed by atoms with van der Waals surface area (Å²) < 4.78 is 10.7. The van der Waals surface area contributed by atoms with E-state index < -0.39 is 0 Å². The minimum Gasteiger partial charge on any atom is -0.0707 e. The van der Waals surface area contributed by atoms with Crippen molar-refractivity contribution in [2.45, 2.75) is 20.8 Å². The van der Waals surface area contributed by atoms with Crippen LogP contribution in [0.5, 0.6) is 0 Å². The molecule has 2 heteroatoms. The fourth-order valence-electron chi connectivity index (χ4n) is 1.34. The van der Waals surface area contributed by atoms with Crippen molar-refractivity contribution < 1.29 is 4.57 Å². The average Bonchev–Trinajstić information content (AvgIpc) is 1.85. The normalized spacial score (nSPS) is 10.5. The summed E-state index contributed by atoms with van der Waals surface area (Å²) in [4.78, 5) is 0. The summed E-state index contributed by atoms with van der Waals surface area (Å²) >= 11 is 0. The maximum atomic E-state index is 10.7. The van der Waals surface area contributed by atoms with Gasteiger partial charge < -0.3 is 0 Å². The fraction of sp³-hybridized carbons (Fsp3) is 0.333. The van der Waals surface area contributed by atoms with Crippen molar-refractivity contribution in [3.05, 3.63) is 28.8 Å². The van der Waals surface area contributed by atoms with Crippen LogP contribution in [0, 0.1) is 20.8 Å². The van der Waals surface area contributed by atoms with Crippen LogP contribution in [-0.2, 0) is 4.57 Å². The van der Waals surface area contributed by atoms with Crippen LogP contribution in [0.15, 0.2) is 12.1 Å². The molecule has 0 saturated carbocycles. The van der Waals surface area contributed by atoms with Crippen LogP contribution in [-0.4, -0.2) is 0 Å². The van der Waals surface area contributed by atoms with Crippen LogP contribution in [0.2, 0.25) is 0 Å². The zero-order chi connectivity index (χ0) is 8.43. The molecule has 11 heavy (non-hydrogen) atoms. The first kappa shape index (κ1) is 8.42. The molecule has 0 radical (unpaired) electrons. The summed E-state index contributed by atoms with van der Waals surface area (Å²) in [7, 11) is -0.326. The van der Waals surface area contributed by atoms with Crippen LogP contribution in [0.3, 0.4) is 0 Å². The maximum Gasteiger partial charge on any atom is 0.363 e. The fourth-order valence-corrected chi connectivity index (χ4v) is 1.81. The van der Waals surface area contributed by atoms with Gasteiger partial charge in [-0.1, -0.05) is 22.3 Å². The zero-order valence-electron chi connectivity index (χ0n) is 7.06. The Labute approximate surface area is 68.6 Å². The maximum absolute atomic E-state index is 10.7. The molecule has 0 aliphatic rings. The third-order valence-corrected chi connectivity index (χ3v) is 2.77. The molecule has 1 unspecified atom stereocenters. The molecule has 1 aromatic carbocycles. The molecule has 0 aliphatic heterocycles. The molecule has 0 N–H and O–H groups in total. The second-order valence-electron chi connectivity index (χ2n) is 2.88. The van der Waals surface area contributed by atoms with Crippen LogP contribution < -0.4 is 5.30 Å². The molecule has 0 saturated heterocycles. The molecule has 58 valence electrons. The van der Waals surface area contributed by atoms with Gasteiger partial charge in [-0.25, -0.2) is 0 Å². The van der Waals surface area contributed by atoms with Gasteiger partial charge >= 0.3 is 8.46 Å². The van der Waals surface area contributed by atoms with Gasteiger partial charge in [-0.05, 0) is 20.8 Å². The molecule has 0 bridgehead atoms. The molecule has 1 nitrogen and oxygen atoms in total. The van der Waals surface area contributed by atoms with Crippen LogP contribution in [0.25, 0.3) is 0 Å². The highest BCUT2D eigenvalue weighted by atomic mass is 31.1. The standard InChI is InChI=1S/C9H11OP/c1-6-4-7(2)9(11-10)8(3)5-6/h4-5H,1-3H3/p+1. The first-order valence-electron chi connectivity index (χ1n) is 3.61. The molecule has 0 aromatic heterocycles. The van der Waals surface area contributed by atoms with Crippen molar-refractivity contribution in [2.24, 2.45) is 0 Å². The topological polar surface area (TPSA) is 17.1 Å². The molecule has 0 heterocycles. The molecule has 0 amide bonds. The Bertz CT molecular complexity index is 269. The van der Waals surface area contributed by atoms with E-state index in [-0.39, 0.29) is 8.46 Å². The van der Waals surface area contributed by atoms with Crippen molar-refractivity contribution >= 4 is 13.8 Å². The third kappa shape index (κ3) is 1.66. The molecule has 0 fully saturated rings. The van der Waals surface area contributed by atoms with E-state index in [0.717, 1.165) is 16.4 Å². The van der Waals surface area contributed by atoms with Gasteiger partial charge in [-0.2, -0.15) is 0 Å². The van der Waals surface area contributed by atoms with Crippen molar-refractivity contribution in [1.29, 1.82) is 0 Å². The van der Waals surface area contributed by atoms with Crippen LogP contribution in [0.1, 0.15) is 16.7 Å².